The molecule has 0 spiro atoms. The molecular weight excluding hydrogens is 312 g/mol. The fraction of sp³-hybridized carbons (Fsp3) is 0.286. The largest absolute Gasteiger partial charge is 0.302 e. The predicted molar refractivity (Wildman–Crippen MR) is 96.9 cm³/mol. The van der Waals surface area contributed by atoms with Gasteiger partial charge in [-0.3, -0.25) is 9.59 Å². The Hall–Kier alpha value is -2.75. The summed E-state index contributed by atoms with van der Waals surface area (Å²) in [5, 5.41) is 1.09. The van der Waals surface area contributed by atoms with Crippen molar-refractivity contribution >= 4 is 16.7 Å². The van der Waals surface area contributed by atoms with Crippen LogP contribution in [0.2, 0.25) is 0 Å². The summed E-state index contributed by atoms with van der Waals surface area (Å²) in [6.45, 7) is 2.58. The van der Waals surface area contributed by atoms with Gasteiger partial charge in [-0.15, -0.1) is 0 Å². The number of fused-ring (bicyclic) bond motifs is 5. The number of carbonyl (C=O) groups is 1. The molecule has 3 heterocycles. The van der Waals surface area contributed by atoms with Crippen LogP contribution < -0.4 is 5.56 Å². The van der Waals surface area contributed by atoms with Crippen molar-refractivity contribution in [2.75, 3.05) is 0 Å². The molecule has 1 atom stereocenters. The molecule has 1 aliphatic heterocycles. The molecule has 5 rings (SSSR count). The van der Waals surface area contributed by atoms with Crippen LogP contribution in [0.1, 0.15) is 42.4 Å². The minimum Gasteiger partial charge on any atom is -0.302 e. The molecule has 124 valence electrons. The van der Waals surface area contributed by atoms with Crippen molar-refractivity contribution in [3.05, 3.63) is 63.4 Å². The number of rotatable bonds is 1. The summed E-state index contributed by atoms with van der Waals surface area (Å²) in [5.74, 6) is 0.107. The smallest absolute Gasteiger partial charge is 0.254 e. The number of hydrogen-bond donors (Lipinski definition) is 0. The molecule has 4 heteroatoms. The fourth-order valence-electron chi connectivity index (χ4n) is 4.34. The van der Waals surface area contributed by atoms with E-state index in [1.807, 2.05) is 35.8 Å². The van der Waals surface area contributed by atoms with Gasteiger partial charge < -0.3 is 4.57 Å². The van der Waals surface area contributed by atoms with Gasteiger partial charge in [0.25, 0.3) is 5.56 Å². The fourth-order valence-corrected chi connectivity index (χ4v) is 4.34. The van der Waals surface area contributed by atoms with Crippen molar-refractivity contribution < 1.29 is 4.79 Å². The van der Waals surface area contributed by atoms with Gasteiger partial charge in [-0.05, 0) is 36.6 Å². The van der Waals surface area contributed by atoms with Gasteiger partial charge in [0, 0.05) is 28.9 Å². The van der Waals surface area contributed by atoms with Crippen molar-refractivity contribution in [2.24, 2.45) is 0 Å². The van der Waals surface area contributed by atoms with Crippen molar-refractivity contribution in [3.63, 3.8) is 0 Å². The summed E-state index contributed by atoms with van der Waals surface area (Å²) >= 11 is 0. The molecule has 1 aliphatic carbocycles. The van der Waals surface area contributed by atoms with E-state index in [9.17, 15) is 9.59 Å². The van der Waals surface area contributed by atoms with Crippen molar-refractivity contribution in [2.45, 2.75) is 38.6 Å². The van der Waals surface area contributed by atoms with Crippen LogP contribution in [0.15, 0.2) is 41.2 Å². The van der Waals surface area contributed by atoms with Gasteiger partial charge in [-0.2, -0.15) is 0 Å². The van der Waals surface area contributed by atoms with E-state index in [0.717, 1.165) is 45.4 Å². The van der Waals surface area contributed by atoms with Gasteiger partial charge >= 0.3 is 0 Å². The normalized spacial score (nSPS) is 18.1. The van der Waals surface area contributed by atoms with E-state index in [2.05, 4.69) is 12.1 Å². The molecule has 0 saturated heterocycles. The Morgan fingerprint density at radius 1 is 1.16 bits per heavy atom. The predicted octanol–water partition coefficient (Wildman–Crippen LogP) is 3.43. The zero-order valence-electron chi connectivity index (χ0n) is 14.1. The van der Waals surface area contributed by atoms with Crippen LogP contribution in [0.25, 0.3) is 22.3 Å². The van der Waals surface area contributed by atoms with Crippen LogP contribution in [0.5, 0.6) is 0 Å². The van der Waals surface area contributed by atoms with Gasteiger partial charge in [0.1, 0.15) is 5.78 Å². The average Bonchev–Trinajstić information content (AvgIpc) is 2.98. The molecule has 3 aromatic rings. The second-order valence-electron chi connectivity index (χ2n) is 6.97. The number of carbonyl (C=O) groups excluding carboxylic acids is 1. The molecule has 0 amide bonds. The van der Waals surface area contributed by atoms with E-state index in [4.69, 9.17) is 4.98 Å². The molecule has 0 unspecified atom stereocenters. The van der Waals surface area contributed by atoms with Gasteiger partial charge in [0.2, 0.25) is 0 Å². The van der Waals surface area contributed by atoms with E-state index < -0.39 is 0 Å². The minimum atomic E-state index is -0.146. The molecule has 4 nitrogen and oxygen atoms in total. The number of para-hydroxylation sites is 1. The maximum absolute atomic E-state index is 13.1. The number of nitrogens with zero attached hydrogens (tertiary/aromatic N) is 2. The zero-order chi connectivity index (χ0) is 17.1. The standard InChI is InChI=1S/C21H18N2O2/c1-2-14-16-10-18-20-13(9-12-5-3-4-6-17(12)22-20)11-23(18)21(25)15(16)7-8-19(14)24/h3-6,9-10,14H,2,7-8,11H2,1H3/t14-/m1/s1. The molecule has 1 aromatic carbocycles. The molecule has 0 saturated carbocycles. The third-order valence-electron chi connectivity index (χ3n) is 5.60. The lowest BCUT2D eigenvalue weighted by molar-refractivity contribution is -0.121. The number of ketones is 1. The van der Waals surface area contributed by atoms with Crippen LogP contribution in [0, 0.1) is 0 Å². The number of pyridine rings is 2. The number of aromatic nitrogens is 2. The van der Waals surface area contributed by atoms with E-state index in [0.29, 0.717) is 19.4 Å². The van der Waals surface area contributed by atoms with Gasteiger partial charge in [0.05, 0.1) is 23.4 Å². The molecule has 0 fully saturated rings. The lowest BCUT2D eigenvalue weighted by atomic mass is 9.80. The molecule has 2 aromatic heterocycles. The Morgan fingerprint density at radius 3 is 2.84 bits per heavy atom. The Kier molecular flexibility index (Phi) is 2.99. The van der Waals surface area contributed by atoms with E-state index in [-0.39, 0.29) is 17.3 Å². The SMILES string of the molecule is CC[C@H]1C(=O)CCc2c1cc1n(c2=O)Cc2cc3ccccc3nc2-1. The molecule has 25 heavy (non-hydrogen) atoms. The van der Waals surface area contributed by atoms with Crippen LogP contribution in [0.4, 0.5) is 0 Å². The first-order chi connectivity index (χ1) is 12.2. The summed E-state index contributed by atoms with van der Waals surface area (Å²) in [6, 6.07) is 12.2. The number of hydrogen-bond acceptors (Lipinski definition) is 3. The molecule has 0 radical (unpaired) electrons. The third-order valence-corrected chi connectivity index (χ3v) is 5.60. The summed E-state index contributed by atoms with van der Waals surface area (Å²) in [5.41, 5.74) is 5.57. The topological polar surface area (TPSA) is 52.0 Å². The van der Waals surface area contributed by atoms with E-state index in [1.54, 1.807) is 0 Å². The second-order valence-corrected chi connectivity index (χ2v) is 6.97. The first-order valence-electron chi connectivity index (χ1n) is 8.85. The van der Waals surface area contributed by atoms with E-state index >= 15 is 0 Å². The van der Waals surface area contributed by atoms with Crippen molar-refractivity contribution in [1.29, 1.82) is 0 Å². The minimum absolute atomic E-state index is 0.0560. The van der Waals surface area contributed by atoms with Crippen molar-refractivity contribution in [3.8, 4) is 11.4 Å². The highest BCUT2D eigenvalue weighted by Crippen LogP contribution is 2.37. The molecule has 2 aliphatic rings. The van der Waals surface area contributed by atoms with Crippen LogP contribution in [-0.4, -0.2) is 15.3 Å². The Labute approximate surface area is 145 Å². The Morgan fingerprint density at radius 2 is 2.00 bits per heavy atom. The first kappa shape index (κ1) is 14.6. The Bertz CT molecular complexity index is 1110. The average molecular weight is 330 g/mol. The maximum atomic E-state index is 13.1. The molecular formula is C21H18N2O2. The van der Waals surface area contributed by atoms with Crippen LogP contribution >= 0.6 is 0 Å². The maximum Gasteiger partial charge on any atom is 0.254 e. The van der Waals surface area contributed by atoms with Crippen molar-refractivity contribution in [1.82, 2.24) is 9.55 Å². The summed E-state index contributed by atoms with van der Waals surface area (Å²) < 4.78 is 1.83. The summed E-state index contributed by atoms with van der Waals surface area (Å²) in [6.07, 6.45) is 1.79. The Balaban J connectivity index is 1.79. The monoisotopic (exact) mass is 330 g/mol. The highest BCUT2D eigenvalue weighted by atomic mass is 16.1. The first-order valence-corrected chi connectivity index (χ1v) is 8.85. The zero-order valence-corrected chi connectivity index (χ0v) is 14.1. The number of benzene rings is 1. The van der Waals surface area contributed by atoms with E-state index in [1.165, 1.54) is 0 Å². The van der Waals surface area contributed by atoms with Gasteiger partial charge in [-0.25, -0.2) is 4.98 Å². The highest BCUT2D eigenvalue weighted by Gasteiger charge is 2.32. The van der Waals surface area contributed by atoms with Crippen LogP contribution in [-0.2, 0) is 17.8 Å². The highest BCUT2D eigenvalue weighted by molar-refractivity contribution is 5.89. The quantitative estimate of drug-likeness (QED) is 0.537. The molecule has 0 N–H and O–H groups in total. The van der Waals surface area contributed by atoms with Gasteiger partial charge in [0.15, 0.2) is 0 Å². The second kappa shape index (κ2) is 5.12. The number of Topliss-reactive ketones (excluding diaryl/α,β-unsaturated/α-hetero) is 1. The van der Waals surface area contributed by atoms with Crippen LogP contribution in [0.3, 0.4) is 0 Å². The molecule has 0 bridgehead atoms. The lowest BCUT2D eigenvalue weighted by Gasteiger charge is -2.24. The summed E-state index contributed by atoms with van der Waals surface area (Å²) in [4.78, 5) is 30.2. The van der Waals surface area contributed by atoms with Gasteiger partial charge in [-0.1, -0.05) is 25.1 Å². The third kappa shape index (κ3) is 1.97. The lowest BCUT2D eigenvalue weighted by Crippen LogP contribution is -2.31. The summed E-state index contributed by atoms with van der Waals surface area (Å²) in [7, 11) is 0.